The van der Waals surface area contributed by atoms with Crippen LogP contribution in [0.15, 0.2) is 22.6 Å². The van der Waals surface area contributed by atoms with Gasteiger partial charge in [-0.2, -0.15) is 0 Å². The van der Waals surface area contributed by atoms with Gasteiger partial charge in [-0.05, 0) is 23.6 Å². The average molecular weight is 220 g/mol. The van der Waals surface area contributed by atoms with E-state index in [9.17, 15) is 4.39 Å². The first-order chi connectivity index (χ1) is 7.50. The van der Waals surface area contributed by atoms with Gasteiger partial charge < -0.3 is 4.42 Å². The predicted octanol–water partition coefficient (Wildman–Crippen LogP) is 4.82. The Morgan fingerprint density at radius 1 is 1.06 bits per heavy atom. The molecule has 0 fully saturated rings. The molecule has 0 atom stereocenters. The number of rotatable bonds is 2. The first kappa shape index (κ1) is 11.2. The lowest BCUT2D eigenvalue weighted by Gasteiger charge is -2.03. The molecule has 0 amide bonds. The van der Waals surface area contributed by atoms with Crippen LogP contribution in [-0.4, -0.2) is 0 Å². The molecule has 2 aromatic rings. The van der Waals surface area contributed by atoms with Crippen LogP contribution < -0.4 is 0 Å². The number of hydrogen-bond acceptors (Lipinski definition) is 1. The minimum Gasteiger partial charge on any atom is -0.458 e. The van der Waals surface area contributed by atoms with Crippen molar-refractivity contribution in [2.24, 2.45) is 0 Å². The minimum absolute atomic E-state index is 0.0786. The first-order valence-corrected chi connectivity index (χ1v) is 5.72. The summed E-state index contributed by atoms with van der Waals surface area (Å²) in [6, 6.07) is 5.75. The maximum Gasteiger partial charge on any atom is 0.172 e. The molecule has 0 saturated heterocycles. The number of furan rings is 1. The Labute approximate surface area is 95.3 Å². The van der Waals surface area contributed by atoms with Crippen molar-refractivity contribution in [2.75, 3.05) is 0 Å². The van der Waals surface area contributed by atoms with Crippen molar-refractivity contribution >= 4 is 11.0 Å². The van der Waals surface area contributed by atoms with Gasteiger partial charge in [0.05, 0.1) is 5.39 Å². The summed E-state index contributed by atoms with van der Waals surface area (Å²) in [6.45, 7) is 8.07. The van der Waals surface area contributed by atoms with Gasteiger partial charge in [-0.25, -0.2) is 4.39 Å². The van der Waals surface area contributed by atoms with E-state index in [-0.39, 0.29) is 11.7 Å². The molecule has 0 radical (unpaired) electrons. The zero-order valence-corrected chi connectivity index (χ0v) is 10.2. The molecular formula is C14H17FO. The highest BCUT2D eigenvalue weighted by molar-refractivity contribution is 5.79. The summed E-state index contributed by atoms with van der Waals surface area (Å²) in [6.07, 6.45) is 0. The Morgan fingerprint density at radius 3 is 2.31 bits per heavy atom. The van der Waals surface area contributed by atoms with Crippen LogP contribution >= 0.6 is 0 Å². The summed E-state index contributed by atoms with van der Waals surface area (Å²) < 4.78 is 19.5. The molecule has 2 rings (SSSR count). The predicted molar refractivity (Wildman–Crippen MR) is 64.4 cm³/mol. The van der Waals surface area contributed by atoms with Gasteiger partial charge in [0.25, 0.3) is 0 Å². The molecule has 1 nitrogen and oxygen atoms in total. The average Bonchev–Trinajstić information content (AvgIpc) is 2.56. The maximum absolute atomic E-state index is 14.0. The van der Waals surface area contributed by atoms with Gasteiger partial charge in [-0.15, -0.1) is 0 Å². The van der Waals surface area contributed by atoms with E-state index in [0.717, 1.165) is 5.56 Å². The molecule has 1 aromatic carbocycles. The van der Waals surface area contributed by atoms with E-state index >= 15 is 0 Å². The summed E-state index contributed by atoms with van der Waals surface area (Å²) in [5, 5.41) is 0.606. The van der Waals surface area contributed by atoms with Crippen molar-refractivity contribution in [2.45, 2.75) is 39.5 Å². The SMILES string of the molecule is CC(C)c1ccc2oc(C(C)C)c(F)c2c1. The van der Waals surface area contributed by atoms with E-state index in [1.165, 1.54) is 0 Å². The smallest absolute Gasteiger partial charge is 0.172 e. The van der Waals surface area contributed by atoms with E-state index in [1.54, 1.807) is 0 Å². The zero-order valence-electron chi connectivity index (χ0n) is 10.2. The number of fused-ring (bicyclic) bond motifs is 1. The highest BCUT2D eigenvalue weighted by Gasteiger charge is 2.17. The number of hydrogen-bond donors (Lipinski definition) is 0. The summed E-state index contributed by atoms with van der Waals surface area (Å²) in [5.41, 5.74) is 1.79. The second-order valence-corrected chi connectivity index (χ2v) is 4.85. The van der Waals surface area contributed by atoms with Gasteiger partial charge >= 0.3 is 0 Å². The molecular weight excluding hydrogens is 203 g/mol. The molecule has 1 heterocycles. The zero-order chi connectivity index (χ0) is 11.9. The largest absolute Gasteiger partial charge is 0.458 e. The highest BCUT2D eigenvalue weighted by atomic mass is 19.1. The molecule has 0 aliphatic rings. The van der Waals surface area contributed by atoms with Crippen molar-refractivity contribution in [3.8, 4) is 0 Å². The van der Waals surface area contributed by atoms with Gasteiger partial charge in [0.2, 0.25) is 0 Å². The van der Waals surface area contributed by atoms with Crippen LogP contribution in [0.3, 0.4) is 0 Å². The van der Waals surface area contributed by atoms with Crippen molar-refractivity contribution in [3.05, 3.63) is 35.3 Å². The van der Waals surface area contributed by atoms with Gasteiger partial charge in [-0.3, -0.25) is 0 Å². The molecule has 86 valence electrons. The van der Waals surface area contributed by atoms with E-state index in [4.69, 9.17) is 4.42 Å². The Morgan fingerprint density at radius 2 is 1.75 bits per heavy atom. The van der Waals surface area contributed by atoms with Crippen LogP contribution in [-0.2, 0) is 0 Å². The topological polar surface area (TPSA) is 13.1 Å². The standard InChI is InChI=1S/C14H17FO/c1-8(2)10-5-6-12-11(7-10)13(15)14(16-12)9(3)4/h5-9H,1-4H3. The van der Waals surface area contributed by atoms with Crippen LogP contribution in [0.5, 0.6) is 0 Å². The summed E-state index contributed by atoms with van der Waals surface area (Å²) in [4.78, 5) is 0. The lowest BCUT2D eigenvalue weighted by Crippen LogP contribution is -1.88. The van der Waals surface area contributed by atoms with Crippen molar-refractivity contribution in [3.63, 3.8) is 0 Å². The quantitative estimate of drug-likeness (QED) is 0.707. The third kappa shape index (κ3) is 1.73. The van der Waals surface area contributed by atoms with Crippen LogP contribution in [0.1, 0.15) is 50.9 Å². The van der Waals surface area contributed by atoms with Crippen molar-refractivity contribution < 1.29 is 8.81 Å². The van der Waals surface area contributed by atoms with Gasteiger partial charge in [0.1, 0.15) is 11.3 Å². The molecule has 2 heteroatoms. The van der Waals surface area contributed by atoms with Crippen LogP contribution in [0, 0.1) is 5.82 Å². The highest BCUT2D eigenvalue weighted by Crippen LogP contribution is 2.31. The number of benzene rings is 1. The molecule has 0 spiro atoms. The van der Waals surface area contributed by atoms with Crippen LogP contribution in [0.2, 0.25) is 0 Å². The number of halogens is 1. The van der Waals surface area contributed by atoms with E-state index < -0.39 is 0 Å². The molecule has 16 heavy (non-hydrogen) atoms. The third-order valence-corrected chi connectivity index (χ3v) is 2.87. The Bertz CT molecular complexity index is 509. The second kappa shape index (κ2) is 3.93. The monoisotopic (exact) mass is 220 g/mol. The molecule has 0 N–H and O–H groups in total. The fourth-order valence-electron chi connectivity index (χ4n) is 1.83. The first-order valence-electron chi connectivity index (χ1n) is 5.72. The van der Waals surface area contributed by atoms with Gasteiger partial charge in [-0.1, -0.05) is 33.8 Å². The van der Waals surface area contributed by atoms with E-state index in [1.807, 2.05) is 32.0 Å². The molecule has 1 aromatic heterocycles. The van der Waals surface area contributed by atoms with Gasteiger partial charge in [0, 0.05) is 5.92 Å². The Balaban J connectivity index is 2.64. The van der Waals surface area contributed by atoms with Crippen molar-refractivity contribution in [1.82, 2.24) is 0 Å². The summed E-state index contributed by atoms with van der Waals surface area (Å²) in [5.74, 6) is 0.736. The Kier molecular flexibility index (Phi) is 2.75. The van der Waals surface area contributed by atoms with Crippen LogP contribution in [0.4, 0.5) is 4.39 Å². The summed E-state index contributed by atoms with van der Waals surface area (Å²) >= 11 is 0. The molecule has 0 aliphatic heterocycles. The second-order valence-electron chi connectivity index (χ2n) is 4.85. The lowest BCUT2D eigenvalue weighted by atomic mass is 10.0. The maximum atomic E-state index is 14.0. The summed E-state index contributed by atoms with van der Waals surface area (Å²) in [7, 11) is 0. The van der Waals surface area contributed by atoms with Crippen molar-refractivity contribution in [1.29, 1.82) is 0 Å². The Hall–Kier alpha value is -1.31. The van der Waals surface area contributed by atoms with E-state index in [0.29, 0.717) is 22.6 Å². The minimum atomic E-state index is -0.201. The van der Waals surface area contributed by atoms with Crippen LogP contribution in [0.25, 0.3) is 11.0 Å². The fourth-order valence-corrected chi connectivity index (χ4v) is 1.83. The molecule has 0 aliphatic carbocycles. The normalized spacial score (nSPS) is 11.9. The third-order valence-electron chi connectivity index (χ3n) is 2.87. The lowest BCUT2D eigenvalue weighted by molar-refractivity contribution is 0.474. The van der Waals surface area contributed by atoms with Gasteiger partial charge in [0.15, 0.2) is 5.82 Å². The van der Waals surface area contributed by atoms with E-state index in [2.05, 4.69) is 13.8 Å². The molecule has 0 bridgehead atoms. The molecule has 0 unspecified atom stereocenters. The fraction of sp³-hybridized carbons (Fsp3) is 0.429. The molecule has 0 saturated carbocycles.